The van der Waals surface area contributed by atoms with E-state index < -0.39 is 205 Å². The van der Waals surface area contributed by atoms with E-state index in [9.17, 15) is 57.5 Å². The summed E-state index contributed by atoms with van der Waals surface area (Å²) in [4.78, 5) is 155. The van der Waals surface area contributed by atoms with Crippen LogP contribution in [0.25, 0.3) is 0 Å². The Morgan fingerprint density at radius 2 is 1.02 bits per heavy atom. The number of hydrogen-bond acceptors (Lipinski definition) is 30. The van der Waals surface area contributed by atoms with Crippen LogP contribution < -0.4 is 5.32 Å². The quantitative estimate of drug-likeness (QED) is 0.0358. The fourth-order valence-corrected chi connectivity index (χ4v) is 8.43. The minimum Gasteiger partial charge on any atom is -0.465 e. The molecule has 1 amide bonds. The van der Waals surface area contributed by atoms with Gasteiger partial charge in [0, 0.05) is 76.2 Å². The lowest BCUT2D eigenvalue weighted by Crippen LogP contribution is -2.72. The van der Waals surface area contributed by atoms with Gasteiger partial charge >= 0.3 is 65.7 Å². The largest absolute Gasteiger partial charge is 0.465 e. The SMILES string of the molecule is CO[13C](=O)[C@@]1(O[C@H]2[C@@H](OC(C)=O)[C@@H](COC(C)=O)O[C@@H](O[C@H]3[C@H](OC(C)=O)[C@@H](OC(C)=O)[C@@H](OC(=N)C(Cl)(Cl)Cl)O[C@@H]3COC(C)=O)[C@@H]2OC(C)=O)C[C@H](OC(C)=O)[C@@H](NC(C)=O)[C@H]([C@H](OC(C)=O)[C@@H](COC(C)=O)OC(C)=O)O1. The molecular formula is C46H61Cl3N2O29. The zero-order valence-electron chi connectivity index (χ0n) is 45.0. The molecule has 450 valence electrons. The third-order valence-corrected chi connectivity index (χ3v) is 11.4. The van der Waals surface area contributed by atoms with Crippen LogP contribution in [0.5, 0.6) is 0 Å². The topological polar surface area (TPSA) is 398 Å². The summed E-state index contributed by atoms with van der Waals surface area (Å²) in [5.74, 6) is -17.6. The Bertz CT molecular complexity index is 2330. The second-order valence-corrected chi connectivity index (χ2v) is 19.8. The van der Waals surface area contributed by atoms with Crippen LogP contribution in [0.15, 0.2) is 0 Å². The van der Waals surface area contributed by atoms with Crippen LogP contribution in [-0.4, -0.2) is 206 Å². The van der Waals surface area contributed by atoms with Gasteiger partial charge in [0.2, 0.25) is 24.2 Å². The highest BCUT2D eigenvalue weighted by atomic mass is 35.6. The molecule has 3 rings (SSSR count). The fourth-order valence-electron chi connectivity index (χ4n) is 8.30. The van der Waals surface area contributed by atoms with Gasteiger partial charge in [-0.1, -0.05) is 34.8 Å². The lowest BCUT2D eigenvalue weighted by molar-refractivity contribution is -0.385. The maximum absolute atomic E-state index is 14.7. The first-order valence-corrected chi connectivity index (χ1v) is 24.8. The molecule has 3 fully saturated rings. The van der Waals surface area contributed by atoms with Crippen LogP contribution in [-0.2, 0) is 138 Å². The number of methoxy groups -OCH3 is 1. The van der Waals surface area contributed by atoms with E-state index >= 15 is 0 Å². The Labute approximate surface area is 470 Å². The van der Waals surface area contributed by atoms with Gasteiger partial charge < -0.3 is 85.8 Å². The van der Waals surface area contributed by atoms with Crippen LogP contribution in [0.1, 0.15) is 82.6 Å². The summed E-state index contributed by atoms with van der Waals surface area (Å²) in [6, 6.07) is -1.75. The summed E-state index contributed by atoms with van der Waals surface area (Å²) < 4.78 is 94.7. The van der Waals surface area contributed by atoms with Gasteiger partial charge in [-0.25, -0.2) is 4.79 Å². The fraction of sp³-hybridized carbons (Fsp3) is 0.717. The minimum absolute atomic E-state index is 0.803. The van der Waals surface area contributed by atoms with E-state index in [1.54, 1.807) is 0 Å². The maximum Gasteiger partial charge on any atom is 0.366 e. The molecule has 3 aliphatic rings. The molecule has 0 aromatic heterocycles. The second-order valence-electron chi connectivity index (χ2n) is 17.5. The molecule has 3 aliphatic heterocycles. The highest BCUT2D eigenvalue weighted by Gasteiger charge is 2.64. The molecule has 80 heavy (non-hydrogen) atoms. The number of amides is 1. The van der Waals surface area contributed by atoms with Crippen molar-refractivity contribution >= 4 is 112 Å². The molecule has 2 N–H and O–H groups in total. The van der Waals surface area contributed by atoms with Gasteiger partial charge in [-0.15, -0.1) is 0 Å². The van der Waals surface area contributed by atoms with Crippen LogP contribution in [0.2, 0.25) is 0 Å². The predicted octanol–water partition coefficient (Wildman–Crippen LogP) is -0.0552. The Kier molecular flexibility index (Phi) is 25.5. The lowest BCUT2D eigenvalue weighted by Gasteiger charge is -2.52. The zero-order valence-corrected chi connectivity index (χ0v) is 47.2. The van der Waals surface area contributed by atoms with Crippen LogP contribution >= 0.6 is 34.8 Å². The van der Waals surface area contributed by atoms with Gasteiger partial charge in [0.15, 0.2) is 36.8 Å². The Morgan fingerprint density at radius 3 is 1.48 bits per heavy atom. The van der Waals surface area contributed by atoms with E-state index in [-0.39, 0.29) is 0 Å². The smallest absolute Gasteiger partial charge is 0.366 e. The van der Waals surface area contributed by atoms with E-state index in [4.69, 9.17) is 121 Å². The van der Waals surface area contributed by atoms with Crippen LogP contribution in [0, 0.1) is 5.41 Å². The molecule has 3 saturated heterocycles. The van der Waals surface area contributed by atoms with E-state index in [1.165, 1.54) is 0 Å². The number of halogens is 3. The summed E-state index contributed by atoms with van der Waals surface area (Å²) in [6.07, 6.45) is -29.9. The molecule has 0 spiro atoms. The number of carbonyl (C=O) groups is 12. The van der Waals surface area contributed by atoms with E-state index in [0.717, 1.165) is 83.3 Å². The first-order chi connectivity index (χ1) is 37.1. The number of ether oxygens (including phenoxy) is 17. The van der Waals surface area contributed by atoms with Gasteiger partial charge in [0.25, 0.3) is 9.58 Å². The molecule has 0 aromatic carbocycles. The number of esters is 11. The molecular weight excluding hydrogens is 1150 g/mol. The van der Waals surface area contributed by atoms with Crippen LogP contribution in [0.3, 0.4) is 0 Å². The lowest BCUT2D eigenvalue weighted by atomic mass is 9.89. The monoisotopic (exact) mass is 1210 g/mol. The highest BCUT2D eigenvalue weighted by Crippen LogP contribution is 2.43. The summed E-state index contributed by atoms with van der Waals surface area (Å²) in [5, 5.41) is 10.7. The van der Waals surface area contributed by atoms with Crippen molar-refractivity contribution < 1.29 is 138 Å². The number of hydrogen-bond donors (Lipinski definition) is 2. The number of rotatable bonds is 22. The Morgan fingerprint density at radius 1 is 0.562 bits per heavy atom. The van der Waals surface area contributed by atoms with E-state index in [2.05, 4.69) is 5.32 Å². The number of nitrogens with one attached hydrogen (secondary N) is 2. The molecule has 3 heterocycles. The van der Waals surface area contributed by atoms with E-state index in [1.807, 2.05) is 0 Å². The van der Waals surface area contributed by atoms with Crippen molar-refractivity contribution in [1.29, 1.82) is 5.41 Å². The molecule has 0 bridgehead atoms. The third kappa shape index (κ3) is 20.1. The van der Waals surface area contributed by atoms with Crippen molar-refractivity contribution in [3.8, 4) is 0 Å². The van der Waals surface area contributed by atoms with Crippen molar-refractivity contribution in [1.82, 2.24) is 5.32 Å². The number of carbonyl (C=O) groups excluding carboxylic acids is 12. The molecule has 0 radical (unpaired) electrons. The van der Waals surface area contributed by atoms with Gasteiger partial charge in [-0.05, 0) is 0 Å². The normalized spacial score (nSPS) is 29.0. The summed E-state index contributed by atoms with van der Waals surface area (Å²) in [6.45, 7) is 7.38. The first-order valence-electron chi connectivity index (χ1n) is 23.7. The predicted molar refractivity (Wildman–Crippen MR) is 257 cm³/mol. The van der Waals surface area contributed by atoms with Gasteiger partial charge in [-0.2, -0.15) is 0 Å². The molecule has 0 aliphatic carbocycles. The Hall–Kier alpha value is -6.22. The van der Waals surface area contributed by atoms with Gasteiger partial charge in [0.05, 0.1) is 19.6 Å². The molecule has 0 unspecified atom stereocenters. The average Bonchev–Trinajstić information content (AvgIpc) is 3.30. The van der Waals surface area contributed by atoms with Crippen molar-refractivity contribution in [2.75, 3.05) is 26.9 Å². The van der Waals surface area contributed by atoms with Gasteiger partial charge in [0.1, 0.15) is 56.4 Å². The Balaban J connectivity index is 2.55. The number of alkyl halides is 3. The van der Waals surface area contributed by atoms with E-state index in [0.29, 0.717) is 0 Å². The summed E-state index contributed by atoms with van der Waals surface area (Å²) in [5.41, 5.74) is 0. The summed E-state index contributed by atoms with van der Waals surface area (Å²) in [7, 11) is 0.803. The molecule has 34 heteroatoms. The molecule has 0 aromatic rings. The van der Waals surface area contributed by atoms with Crippen molar-refractivity contribution in [2.24, 2.45) is 0 Å². The van der Waals surface area contributed by atoms with Crippen molar-refractivity contribution in [3.63, 3.8) is 0 Å². The average molecular weight is 1210 g/mol. The minimum atomic E-state index is -3.20. The van der Waals surface area contributed by atoms with Crippen molar-refractivity contribution in [3.05, 3.63) is 0 Å². The zero-order chi connectivity index (χ0) is 60.7. The van der Waals surface area contributed by atoms with Gasteiger partial charge in [-0.3, -0.25) is 58.1 Å². The molecule has 16 atom stereocenters. The molecule has 0 saturated carbocycles. The summed E-state index contributed by atoms with van der Waals surface area (Å²) >= 11 is 17.7. The maximum atomic E-state index is 14.7. The second kappa shape index (κ2) is 30.0. The van der Waals surface area contributed by atoms with Crippen molar-refractivity contribution in [2.45, 2.75) is 184 Å². The van der Waals surface area contributed by atoms with Crippen LogP contribution in [0.4, 0.5) is 0 Å². The molecule has 31 nitrogen and oxygen atoms in total. The first kappa shape index (κ1) is 68.1. The highest BCUT2D eigenvalue weighted by molar-refractivity contribution is 6.76. The third-order valence-electron chi connectivity index (χ3n) is 10.9. The standard InChI is InChI=1S/C46H61Cl3N2O29/c1-17(52)51-32-28(68-21(5)56)13-45(44(63)64-12,79-36(32)33(70-23(7)58)29(69-22(6)57)14-65-18(2)53)80-38-35(71-24(8)59)31(16-67-20(4)55)75-41(40(38)74-27(11)62)77-34-30(15-66-19(3)54)76-42(78-43(50)46(47,48)49)39(73-26(10)61)37(34)72-25(9)60/h28-42,50H,13-16H2,1-12H3,(H,51,52)/t28-,29+,30+,31+,32+,33+,34+,35-,36+,37-,38-,39+,40+,41-,42+,45-/m0/s1/i44+1.